The minimum absolute atomic E-state index is 0.199. The summed E-state index contributed by atoms with van der Waals surface area (Å²) in [6.07, 6.45) is 0.769. The summed E-state index contributed by atoms with van der Waals surface area (Å²) >= 11 is 1.31. The molecule has 0 N–H and O–H groups in total. The fraction of sp³-hybridized carbons (Fsp3) is 0.200. The number of thiazole rings is 1. The van der Waals surface area contributed by atoms with Crippen LogP contribution in [0.25, 0.3) is 10.2 Å². The number of hydrogen-bond donors (Lipinski definition) is 0. The second-order valence-corrected chi connectivity index (χ2v) is 8.64. The van der Waals surface area contributed by atoms with E-state index in [1.54, 1.807) is 23.1 Å². The number of aromatic nitrogens is 1. The molecular formula is C25H24FN3O2S. The molecule has 1 heterocycles. The highest BCUT2D eigenvalue weighted by Crippen LogP contribution is 2.32. The summed E-state index contributed by atoms with van der Waals surface area (Å²) in [4.78, 5) is 22.1. The third-order valence-electron chi connectivity index (χ3n) is 4.89. The molecule has 0 aliphatic carbocycles. The van der Waals surface area contributed by atoms with Gasteiger partial charge in [0.05, 0.1) is 15.8 Å². The van der Waals surface area contributed by atoms with E-state index in [-0.39, 0.29) is 11.7 Å². The van der Waals surface area contributed by atoms with Crippen LogP contribution >= 0.6 is 11.3 Å². The smallest absolute Gasteiger partial charge is 0.263 e. The van der Waals surface area contributed by atoms with Crippen molar-refractivity contribution in [1.82, 2.24) is 9.88 Å². The predicted molar refractivity (Wildman–Crippen MR) is 127 cm³/mol. The van der Waals surface area contributed by atoms with Gasteiger partial charge in [-0.25, -0.2) is 9.37 Å². The second-order valence-electron chi connectivity index (χ2n) is 7.63. The van der Waals surface area contributed by atoms with E-state index in [9.17, 15) is 9.18 Å². The molecule has 0 atom stereocenters. The number of halogens is 1. The number of fused-ring (bicyclic) bond motifs is 1. The number of nitrogens with zero attached hydrogens (tertiary/aromatic N) is 3. The van der Waals surface area contributed by atoms with Gasteiger partial charge in [-0.3, -0.25) is 9.69 Å². The maximum Gasteiger partial charge on any atom is 0.263 e. The molecule has 7 heteroatoms. The molecule has 0 saturated heterocycles. The van der Waals surface area contributed by atoms with Crippen LogP contribution < -0.4 is 9.64 Å². The highest BCUT2D eigenvalue weighted by atomic mass is 32.1. The third kappa shape index (κ3) is 5.12. The van der Waals surface area contributed by atoms with Gasteiger partial charge >= 0.3 is 0 Å². The topological polar surface area (TPSA) is 45.7 Å². The molecule has 4 rings (SSSR count). The van der Waals surface area contributed by atoms with Gasteiger partial charge in [0.2, 0.25) is 0 Å². The average Bonchev–Trinajstić information content (AvgIpc) is 3.20. The molecule has 32 heavy (non-hydrogen) atoms. The van der Waals surface area contributed by atoms with Gasteiger partial charge in [0.25, 0.3) is 5.91 Å². The molecule has 1 aromatic heterocycles. The van der Waals surface area contributed by atoms with Crippen LogP contribution in [-0.4, -0.2) is 43.0 Å². The summed E-state index contributed by atoms with van der Waals surface area (Å²) in [5.41, 5.74) is 1.12. The number of carbonyl (C=O) groups excluding carboxylic acids is 1. The van der Waals surface area contributed by atoms with Gasteiger partial charge in [-0.15, -0.1) is 0 Å². The Morgan fingerprint density at radius 3 is 2.53 bits per heavy atom. The first-order valence-corrected chi connectivity index (χ1v) is 11.2. The molecule has 0 aliphatic heterocycles. The molecule has 3 aromatic carbocycles. The number of ether oxygens (including phenoxy) is 1. The highest BCUT2D eigenvalue weighted by molar-refractivity contribution is 7.22. The Labute approximate surface area is 190 Å². The van der Waals surface area contributed by atoms with Crippen molar-refractivity contribution in [2.24, 2.45) is 0 Å². The van der Waals surface area contributed by atoms with Crippen LogP contribution in [0.15, 0.2) is 72.8 Å². The quantitative estimate of drug-likeness (QED) is 0.340. The maximum absolute atomic E-state index is 13.7. The van der Waals surface area contributed by atoms with Crippen LogP contribution in [-0.2, 0) is 0 Å². The monoisotopic (exact) mass is 449 g/mol. The molecule has 0 spiro atoms. The normalized spacial score (nSPS) is 11.1. The van der Waals surface area contributed by atoms with E-state index in [2.05, 4.69) is 9.88 Å². The molecule has 1 amide bonds. The van der Waals surface area contributed by atoms with E-state index in [0.717, 1.165) is 13.0 Å². The van der Waals surface area contributed by atoms with Crippen molar-refractivity contribution in [3.8, 4) is 11.5 Å². The van der Waals surface area contributed by atoms with Crippen molar-refractivity contribution >= 4 is 32.6 Å². The van der Waals surface area contributed by atoms with Crippen LogP contribution in [0.2, 0.25) is 0 Å². The van der Waals surface area contributed by atoms with Crippen molar-refractivity contribution in [3.63, 3.8) is 0 Å². The molecule has 0 radical (unpaired) electrons. The maximum atomic E-state index is 13.7. The van der Waals surface area contributed by atoms with Crippen molar-refractivity contribution in [2.75, 3.05) is 32.1 Å². The number of benzene rings is 3. The van der Waals surface area contributed by atoms with Gasteiger partial charge in [0, 0.05) is 6.54 Å². The molecule has 4 aromatic rings. The fourth-order valence-electron chi connectivity index (χ4n) is 3.32. The van der Waals surface area contributed by atoms with E-state index < -0.39 is 0 Å². The summed E-state index contributed by atoms with van der Waals surface area (Å²) in [7, 11) is 3.99. The largest absolute Gasteiger partial charge is 0.457 e. The van der Waals surface area contributed by atoms with Crippen molar-refractivity contribution in [3.05, 3.63) is 84.2 Å². The first-order chi connectivity index (χ1) is 15.5. The Kier molecular flexibility index (Phi) is 6.78. The molecular weight excluding hydrogens is 425 g/mol. The summed E-state index contributed by atoms with van der Waals surface area (Å²) in [5.74, 6) is 0.616. The van der Waals surface area contributed by atoms with Gasteiger partial charge in [0.15, 0.2) is 5.13 Å². The molecule has 0 bridgehead atoms. The Morgan fingerprint density at radius 1 is 1.00 bits per heavy atom. The first-order valence-electron chi connectivity index (χ1n) is 10.4. The molecule has 0 fully saturated rings. The summed E-state index contributed by atoms with van der Waals surface area (Å²) in [6, 6.07) is 21.0. The van der Waals surface area contributed by atoms with Crippen molar-refractivity contribution < 1.29 is 13.9 Å². The van der Waals surface area contributed by atoms with Gasteiger partial charge < -0.3 is 9.64 Å². The second kappa shape index (κ2) is 9.89. The van der Waals surface area contributed by atoms with Crippen molar-refractivity contribution in [1.29, 1.82) is 0 Å². The van der Waals surface area contributed by atoms with Crippen LogP contribution in [0.1, 0.15) is 16.8 Å². The van der Waals surface area contributed by atoms with Crippen LogP contribution in [0.3, 0.4) is 0 Å². The molecule has 5 nitrogen and oxygen atoms in total. The number of hydrogen-bond acceptors (Lipinski definition) is 5. The highest BCUT2D eigenvalue weighted by Gasteiger charge is 2.24. The zero-order valence-electron chi connectivity index (χ0n) is 18.0. The SMILES string of the molecule is CN(C)CCCN(C(=O)c1ccccc1Oc1ccccc1)c1nc2ccc(F)cc2s1. The lowest BCUT2D eigenvalue weighted by Crippen LogP contribution is -2.33. The van der Waals surface area contributed by atoms with Gasteiger partial charge in [-0.1, -0.05) is 41.7 Å². The van der Waals surface area contributed by atoms with E-state index in [1.807, 2.05) is 56.6 Å². The fourth-order valence-corrected chi connectivity index (χ4v) is 4.34. The predicted octanol–water partition coefficient (Wildman–Crippen LogP) is 5.83. The Bertz CT molecular complexity index is 1210. The lowest BCUT2D eigenvalue weighted by atomic mass is 10.1. The number of rotatable bonds is 8. The summed E-state index contributed by atoms with van der Waals surface area (Å²) in [6.45, 7) is 1.31. The van der Waals surface area contributed by atoms with Crippen LogP contribution in [0.4, 0.5) is 9.52 Å². The van der Waals surface area contributed by atoms with Gasteiger partial charge in [-0.05, 0) is 69.5 Å². The molecule has 164 valence electrons. The first kappa shape index (κ1) is 21.9. The van der Waals surface area contributed by atoms with E-state index in [0.29, 0.717) is 39.0 Å². The van der Waals surface area contributed by atoms with E-state index in [4.69, 9.17) is 4.74 Å². The zero-order valence-corrected chi connectivity index (χ0v) is 18.8. The molecule has 0 unspecified atom stereocenters. The number of carbonyl (C=O) groups is 1. The Hall–Kier alpha value is -3.29. The van der Waals surface area contributed by atoms with Gasteiger partial charge in [0.1, 0.15) is 17.3 Å². The molecule has 0 aliphatic rings. The van der Waals surface area contributed by atoms with Gasteiger partial charge in [-0.2, -0.15) is 0 Å². The third-order valence-corrected chi connectivity index (χ3v) is 5.93. The summed E-state index contributed by atoms with van der Waals surface area (Å²) in [5, 5.41) is 0.545. The minimum atomic E-state index is -0.320. The van der Waals surface area contributed by atoms with E-state index in [1.165, 1.54) is 23.5 Å². The van der Waals surface area contributed by atoms with Crippen molar-refractivity contribution in [2.45, 2.75) is 6.42 Å². The van der Waals surface area contributed by atoms with E-state index >= 15 is 0 Å². The number of amides is 1. The average molecular weight is 450 g/mol. The molecule has 0 saturated carbocycles. The Morgan fingerprint density at radius 2 is 1.75 bits per heavy atom. The lowest BCUT2D eigenvalue weighted by molar-refractivity contribution is 0.0984. The minimum Gasteiger partial charge on any atom is -0.457 e. The lowest BCUT2D eigenvalue weighted by Gasteiger charge is -2.22. The Balaban J connectivity index is 1.68. The number of anilines is 1. The standard InChI is InChI=1S/C25H24FN3O2S/c1-28(2)15-8-16-29(25-27-21-14-13-18(26)17-23(21)32-25)24(30)20-11-6-7-12-22(20)31-19-9-4-3-5-10-19/h3-7,9-14,17H,8,15-16H2,1-2H3. The van der Waals surface area contributed by atoms with Crippen LogP contribution in [0, 0.1) is 5.82 Å². The zero-order chi connectivity index (χ0) is 22.5. The van der Waals surface area contributed by atoms with Crippen LogP contribution in [0.5, 0.6) is 11.5 Å². The number of para-hydroxylation sites is 2. The summed E-state index contributed by atoms with van der Waals surface area (Å²) < 4.78 is 20.4.